The molecule has 2 atom stereocenters. The van der Waals surface area contributed by atoms with E-state index in [4.69, 9.17) is 0 Å². The van der Waals surface area contributed by atoms with Crippen LogP contribution < -0.4 is 0 Å². The zero-order valence-corrected chi connectivity index (χ0v) is 11.6. The van der Waals surface area contributed by atoms with Crippen LogP contribution in [0.5, 0.6) is 0 Å². The first-order chi connectivity index (χ1) is 9.03. The molecule has 1 aliphatic rings. The summed E-state index contributed by atoms with van der Waals surface area (Å²) in [4.78, 5) is 14.0. The third kappa shape index (κ3) is 2.08. The third-order valence-corrected chi connectivity index (χ3v) is 4.02. The number of benzene rings is 1. The first-order valence-electron chi connectivity index (χ1n) is 6.81. The number of likely N-dealkylation sites (tertiary alicyclic amines) is 1. The summed E-state index contributed by atoms with van der Waals surface area (Å²) >= 11 is 0. The lowest BCUT2D eigenvalue weighted by Gasteiger charge is -2.31. The Morgan fingerprint density at radius 2 is 2.00 bits per heavy atom. The second-order valence-electron chi connectivity index (χ2n) is 5.14. The Kier molecular flexibility index (Phi) is 3.76. The van der Waals surface area contributed by atoms with Crippen LogP contribution in [0.2, 0.25) is 0 Å². The van der Waals surface area contributed by atoms with Crippen LogP contribution in [0.3, 0.4) is 0 Å². The molecular formula is C16H21NO2. The molecule has 1 heterocycles. The van der Waals surface area contributed by atoms with E-state index in [-0.39, 0.29) is 17.5 Å². The van der Waals surface area contributed by atoms with Gasteiger partial charge in [0.15, 0.2) is 0 Å². The van der Waals surface area contributed by atoms with E-state index in [1.54, 1.807) is 4.90 Å². The van der Waals surface area contributed by atoms with Crippen molar-refractivity contribution in [2.24, 2.45) is 0 Å². The highest BCUT2D eigenvalue weighted by Gasteiger charge is 2.52. The lowest BCUT2D eigenvalue weighted by molar-refractivity contribution is -0.126. The van der Waals surface area contributed by atoms with Gasteiger partial charge in [-0.1, -0.05) is 50.3 Å². The predicted molar refractivity (Wildman–Crippen MR) is 75.6 cm³/mol. The zero-order valence-electron chi connectivity index (χ0n) is 11.6. The Balaban J connectivity index is 2.36. The number of amides is 1. The van der Waals surface area contributed by atoms with Gasteiger partial charge in [0, 0.05) is 12.1 Å². The van der Waals surface area contributed by atoms with Crippen LogP contribution in [-0.4, -0.2) is 28.5 Å². The van der Waals surface area contributed by atoms with E-state index in [9.17, 15) is 9.90 Å². The van der Waals surface area contributed by atoms with Gasteiger partial charge in [-0.15, -0.1) is 0 Å². The number of rotatable bonds is 4. The number of carbonyl (C=O) groups is 1. The highest BCUT2D eigenvalue weighted by Crippen LogP contribution is 2.41. The first-order valence-corrected chi connectivity index (χ1v) is 6.81. The molecule has 1 saturated heterocycles. The first kappa shape index (κ1) is 13.8. The van der Waals surface area contributed by atoms with E-state index in [2.05, 4.69) is 13.5 Å². The summed E-state index contributed by atoms with van der Waals surface area (Å²) in [5, 5.41) is 11.0. The number of unbranched alkanes of at least 4 members (excludes halogenated alkanes) is 1. The fourth-order valence-corrected chi connectivity index (χ4v) is 2.72. The molecule has 102 valence electrons. The molecule has 3 heteroatoms. The highest BCUT2D eigenvalue weighted by atomic mass is 16.3. The SMILES string of the molecule is C=C1C(=O)N(CCCC)[C@H](C)[C@@]1(O)c1ccccc1. The molecule has 0 radical (unpaired) electrons. The molecule has 0 bridgehead atoms. The number of nitrogens with zero attached hydrogens (tertiary/aromatic N) is 1. The van der Waals surface area contributed by atoms with Crippen molar-refractivity contribution in [3.8, 4) is 0 Å². The number of aliphatic hydroxyl groups is 1. The predicted octanol–water partition coefficient (Wildman–Crippen LogP) is 2.46. The minimum Gasteiger partial charge on any atom is -0.378 e. The van der Waals surface area contributed by atoms with E-state index in [0.717, 1.165) is 18.4 Å². The van der Waals surface area contributed by atoms with Gasteiger partial charge in [-0.25, -0.2) is 0 Å². The van der Waals surface area contributed by atoms with E-state index in [1.165, 1.54) is 0 Å². The molecule has 1 aromatic rings. The maximum atomic E-state index is 12.3. The zero-order chi connectivity index (χ0) is 14.0. The van der Waals surface area contributed by atoms with Gasteiger partial charge in [-0.2, -0.15) is 0 Å². The molecule has 3 nitrogen and oxygen atoms in total. The molecular weight excluding hydrogens is 238 g/mol. The molecule has 1 aliphatic heterocycles. The average molecular weight is 259 g/mol. The molecule has 0 unspecified atom stereocenters. The van der Waals surface area contributed by atoms with E-state index in [0.29, 0.717) is 6.54 Å². The lowest BCUT2D eigenvalue weighted by atomic mass is 9.84. The summed E-state index contributed by atoms with van der Waals surface area (Å²) in [6, 6.07) is 9.04. The summed E-state index contributed by atoms with van der Waals surface area (Å²) in [7, 11) is 0. The smallest absolute Gasteiger partial charge is 0.252 e. The van der Waals surface area contributed by atoms with Crippen molar-refractivity contribution in [1.29, 1.82) is 0 Å². The van der Waals surface area contributed by atoms with Crippen molar-refractivity contribution in [3.05, 3.63) is 48.0 Å². The largest absolute Gasteiger partial charge is 0.378 e. The third-order valence-electron chi connectivity index (χ3n) is 4.02. The van der Waals surface area contributed by atoms with Crippen molar-refractivity contribution < 1.29 is 9.90 Å². The molecule has 0 aliphatic carbocycles. The molecule has 0 spiro atoms. The normalized spacial score (nSPS) is 27.1. The fourth-order valence-electron chi connectivity index (χ4n) is 2.72. The second kappa shape index (κ2) is 5.17. The Hall–Kier alpha value is -1.61. The Labute approximate surface area is 114 Å². The van der Waals surface area contributed by atoms with Crippen LogP contribution in [0, 0.1) is 0 Å². The van der Waals surface area contributed by atoms with Crippen molar-refractivity contribution in [2.75, 3.05) is 6.54 Å². The maximum absolute atomic E-state index is 12.3. The molecule has 2 rings (SSSR count). The van der Waals surface area contributed by atoms with Gasteiger partial charge in [-0.05, 0) is 18.9 Å². The van der Waals surface area contributed by atoms with Crippen LogP contribution in [0.15, 0.2) is 42.5 Å². The molecule has 1 fully saturated rings. The summed E-state index contributed by atoms with van der Waals surface area (Å²) in [6.07, 6.45) is 1.96. The Morgan fingerprint density at radius 1 is 1.37 bits per heavy atom. The Morgan fingerprint density at radius 3 is 2.58 bits per heavy atom. The Bertz CT molecular complexity index is 483. The average Bonchev–Trinajstić information content (AvgIpc) is 2.61. The second-order valence-corrected chi connectivity index (χ2v) is 5.14. The minimum absolute atomic E-state index is 0.132. The van der Waals surface area contributed by atoms with Crippen LogP contribution in [0.1, 0.15) is 32.3 Å². The highest BCUT2D eigenvalue weighted by molar-refractivity contribution is 5.98. The van der Waals surface area contributed by atoms with E-state index >= 15 is 0 Å². The standard InChI is InChI=1S/C16H21NO2/c1-4-5-11-17-13(3)16(19,12(2)15(17)18)14-9-7-6-8-10-14/h6-10,13,19H,2,4-5,11H2,1,3H3/t13-,16-/m1/s1. The molecule has 1 amide bonds. The molecule has 1 N–H and O–H groups in total. The molecule has 19 heavy (non-hydrogen) atoms. The van der Waals surface area contributed by atoms with Gasteiger partial charge in [0.05, 0.1) is 6.04 Å². The summed E-state index contributed by atoms with van der Waals surface area (Å²) < 4.78 is 0. The summed E-state index contributed by atoms with van der Waals surface area (Å²) in [5.41, 5.74) is -0.256. The monoisotopic (exact) mass is 259 g/mol. The van der Waals surface area contributed by atoms with Crippen LogP contribution in [0.4, 0.5) is 0 Å². The van der Waals surface area contributed by atoms with Crippen molar-refractivity contribution in [3.63, 3.8) is 0 Å². The summed E-state index contributed by atoms with van der Waals surface area (Å²) in [6.45, 7) is 8.48. The maximum Gasteiger partial charge on any atom is 0.252 e. The van der Waals surface area contributed by atoms with Crippen molar-refractivity contribution in [2.45, 2.75) is 38.3 Å². The van der Waals surface area contributed by atoms with Gasteiger partial charge >= 0.3 is 0 Å². The number of hydrogen-bond donors (Lipinski definition) is 1. The van der Waals surface area contributed by atoms with Crippen LogP contribution >= 0.6 is 0 Å². The van der Waals surface area contributed by atoms with Crippen LogP contribution in [-0.2, 0) is 10.4 Å². The molecule has 0 aromatic heterocycles. The van der Waals surface area contributed by atoms with E-state index in [1.807, 2.05) is 37.3 Å². The fraction of sp³-hybridized carbons (Fsp3) is 0.438. The van der Waals surface area contributed by atoms with Gasteiger partial charge in [-0.3, -0.25) is 4.79 Å². The quantitative estimate of drug-likeness (QED) is 0.844. The summed E-state index contributed by atoms with van der Waals surface area (Å²) in [5.74, 6) is -0.132. The lowest BCUT2D eigenvalue weighted by Crippen LogP contribution is -2.41. The minimum atomic E-state index is -1.27. The molecule has 0 saturated carbocycles. The number of hydrogen-bond acceptors (Lipinski definition) is 2. The van der Waals surface area contributed by atoms with Crippen molar-refractivity contribution in [1.82, 2.24) is 4.90 Å². The van der Waals surface area contributed by atoms with Crippen molar-refractivity contribution >= 4 is 5.91 Å². The van der Waals surface area contributed by atoms with Gasteiger partial charge in [0.1, 0.15) is 5.60 Å². The van der Waals surface area contributed by atoms with Gasteiger partial charge in [0.25, 0.3) is 5.91 Å². The van der Waals surface area contributed by atoms with Gasteiger partial charge < -0.3 is 10.0 Å². The number of carbonyl (C=O) groups excluding carboxylic acids is 1. The molecule has 1 aromatic carbocycles. The topological polar surface area (TPSA) is 40.5 Å². The van der Waals surface area contributed by atoms with E-state index < -0.39 is 5.60 Å². The van der Waals surface area contributed by atoms with Gasteiger partial charge in [0.2, 0.25) is 0 Å². The van der Waals surface area contributed by atoms with Crippen LogP contribution in [0.25, 0.3) is 0 Å².